The highest BCUT2D eigenvalue weighted by Gasteiger charge is 2.35. The van der Waals surface area contributed by atoms with Crippen molar-refractivity contribution >= 4 is 31.5 Å². The fourth-order valence-electron chi connectivity index (χ4n) is 7.92. The van der Waals surface area contributed by atoms with Crippen LogP contribution in [0, 0.1) is 0 Å². The molecule has 0 N–H and O–H groups in total. The lowest BCUT2D eigenvalue weighted by Gasteiger charge is -2.22. The van der Waals surface area contributed by atoms with Gasteiger partial charge in [-0.2, -0.15) is 0 Å². The molecule has 0 amide bonds. The van der Waals surface area contributed by atoms with Crippen molar-refractivity contribution in [3.63, 3.8) is 0 Å². The maximum Gasteiger partial charge on any atom is 0.160 e. The Labute approximate surface area is 307 Å². The predicted octanol–water partition coefficient (Wildman–Crippen LogP) is 13.5. The molecule has 0 atom stereocenters. The summed E-state index contributed by atoms with van der Waals surface area (Å²) in [6.45, 7) is 4.64. The first-order valence-electron chi connectivity index (χ1n) is 17.8. The zero-order valence-corrected chi connectivity index (χ0v) is 29.8. The smallest absolute Gasteiger partial charge is 0.160 e. The van der Waals surface area contributed by atoms with Crippen molar-refractivity contribution in [1.82, 2.24) is 9.97 Å². The lowest BCUT2D eigenvalue weighted by atomic mass is 9.82. The number of fused-ring (bicyclic) bond motifs is 6. The summed E-state index contributed by atoms with van der Waals surface area (Å²) in [6.07, 6.45) is 0. The Morgan fingerprint density at radius 2 is 0.942 bits per heavy atom. The number of hydrogen-bond acceptors (Lipinski definition) is 3. The molecule has 0 saturated heterocycles. The summed E-state index contributed by atoms with van der Waals surface area (Å²) in [4.78, 5) is 10.2. The normalized spacial score (nSPS) is 13.0. The van der Waals surface area contributed by atoms with E-state index in [2.05, 4.69) is 166 Å². The first-order valence-corrected chi connectivity index (χ1v) is 18.6. The average Bonchev–Trinajstić information content (AvgIpc) is 3.69. The van der Waals surface area contributed by atoms with Crippen LogP contribution in [0.2, 0.25) is 0 Å². The molecule has 10 rings (SSSR count). The Morgan fingerprint density at radius 3 is 1.71 bits per heavy atom. The number of aromatic nitrogens is 2. The summed E-state index contributed by atoms with van der Waals surface area (Å²) in [5, 5.41) is 2.65. The van der Waals surface area contributed by atoms with Gasteiger partial charge in [-0.1, -0.05) is 153 Å². The number of benzene rings is 7. The minimum absolute atomic E-state index is 0.0827. The van der Waals surface area contributed by atoms with Gasteiger partial charge in [-0.05, 0) is 74.8 Å². The largest absolute Gasteiger partial charge is 0.228 e. The molecule has 9 aromatic rings. The molecule has 3 heteroatoms. The Kier molecular flexibility index (Phi) is 7.06. The Balaban J connectivity index is 0.985. The van der Waals surface area contributed by atoms with E-state index in [1.54, 1.807) is 0 Å². The maximum absolute atomic E-state index is 5.14. The molecule has 0 bridgehead atoms. The van der Waals surface area contributed by atoms with Crippen LogP contribution in [-0.2, 0) is 5.41 Å². The zero-order valence-electron chi connectivity index (χ0n) is 29.0. The second-order valence-electron chi connectivity index (χ2n) is 14.2. The first-order chi connectivity index (χ1) is 25.5. The molecule has 2 heterocycles. The van der Waals surface area contributed by atoms with Gasteiger partial charge < -0.3 is 0 Å². The summed E-state index contributed by atoms with van der Waals surface area (Å²) in [6, 6.07) is 61.2. The van der Waals surface area contributed by atoms with Crippen molar-refractivity contribution in [2.75, 3.05) is 0 Å². The highest BCUT2D eigenvalue weighted by molar-refractivity contribution is 7.25. The molecule has 0 unspecified atom stereocenters. The summed E-state index contributed by atoms with van der Waals surface area (Å²) in [5.74, 6) is 0.726. The van der Waals surface area contributed by atoms with Crippen molar-refractivity contribution in [3.8, 4) is 67.3 Å². The SMILES string of the molecule is CC1(C)c2ccccc2-c2ccc(-c3cc(-c4ccc(-c5ccc(-c6ccc7sc8ccccc8c7c6)cc5)cc4)nc(-c4ccccc4)n3)cc21. The van der Waals surface area contributed by atoms with E-state index < -0.39 is 0 Å². The number of hydrogen-bond donors (Lipinski definition) is 0. The number of nitrogens with zero attached hydrogens (tertiary/aromatic N) is 2. The highest BCUT2D eigenvalue weighted by Crippen LogP contribution is 2.49. The third-order valence-corrected chi connectivity index (χ3v) is 11.9. The Hall–Kier alpha value is -6.16. The third kappa shape index (κ3) is 5.08. The van der Waals surface area contributed by atoms with Crippen molar-refractivity contribution in [3.05, 3.63) is 181 Å². The van der Waals surface area contributed by atoms with Crippen LogP contribution in [0.1, 0.15) is 25.0 Å². The average molecular weight is 683 g/mol. The van der Waals surface area contributed by atoms with E-state index >= 15 is 0 Å². The lowest BCUT2D eigenvalue weighted by molar-refractivity contribution is 0.660. The van der Waals surface area contributed by atoms with Crippen LogP contribution < -0.4 is 0 Å². The molecule has 2 aromatic heterocycles. The minimum Gasteiger partial charge on any atom is -0.228 e. The summed E-state index contributed by atoms with van der Waals surface area (Å²) < 4.78 is 2.66. The topological polar surface area (TPSA) is 25.8 Å². The molecule has 7 aromatic carbocycles. The van der Waals surface area contributed by atoms with Crippen LogP contribution in [0.15, 0.2) is 170 Å². The van der Waals surface area contributed by atoms with Crippen LogP contribution >= 0.6 is 11.3 Å². The Morgan fingerprint density at radius 1 is 0.385 bits per heavy atom. The monoisotopic (exact) mass is 682 g/mol. The van der Waals surface area contributed by atoms with Crippen LogP contribution in [-0.4, -0.2) is 9.97 Å². The van der Waals surface area contributed by atoms with Gasteiger partial charge >= 0.3 is 0 Å². The second-order valence-corrected chi connectivity index (χ2v) is 15.3. The van der Waals surface area contributed by atoms with Gasteiger partial charge in [0, 0.05) is 42.3 Å². The van der Waals surface area contributed by atoms with Gasteiger partial charge in [-0.3, -0.25) is 0 Å². The predicted molar refractivity (Wildman–Crippen MR) is 220 cm³/mol. The van der Waals surface area contributed by atoms with Crippen LogP contribution in [0.4, 0.5) is 0 Å². The van der Waals surface area contributed by atoms with Gasteiger partial charge in [-0.25, -0.2) is 9.97 Å². The van der Waals surface area contributed by atoms with Gasteiger partial charge in [0.15, 0.2) is 5.82 Å². The van der Waals surface area contributed by atoms with Crippen molar-refractivity contribution in [2.24, 2.45) is 0 Å². The highest BCUT2D eigenvalue weighted by atomic mass is 32.1. The van der Waals surface area contributed by atoms with E-state index in [4.69, 9.17) is 9.97 Å². The van der Waals surface area contributed by atoms with E-state index in [1.807, 2.05) is 29.5 Å². The molecule has 52 heavy (non-hydrogen) atoms. The van der Waals surface area contributed by atoms with Gasteiger partial charge in [-0.15, -0.1) is 11.3 Å². The minimum atomic E-state index is -0.0827. The lowest BCUT2D eigenvalue weighted by Crippen LogP contribution is -2.14. The van der Waals surface area contributed by atoms with E-state index in [0.29, 0.717) is 0 Å². The molecule has 1 aliphatic rings. The standard InChI is InChI=1S/C49H34N2S/c1-49(2)42-14-8-6-12-38(42)39-26-24-37(29-43(39)49)45-30-44(50-48(51-45)35-10-4-3-5-11-35)34-22-20-32(21-23-34)31-16-18-33(19-17-31)36-25-27-47-41(28-36)40-13-7-9-15-46(40)52-47/h3-30H,1-2H3. The van der Waals surface area contributed by atoms with E-state index in [-0.39, 0.29) is 5.41 Å². The zero-order chi connectivity index (χ0) is 34.8. The second kappa shape index (κ2) is 12.0. The summed E-state index contributed by atoms with van der Waals surface area (Å²) in [5.41, 5.74) is 15.1. The van der Waals surface area contributed by atoms with Crippen LogP contribution in [0.5, 0.6) is 0 Å². The molecule has 1 aliphatic carbocycles. The molecular formula is C49H34N2S. The van der Waals surface area contributed by atoms with Gasteiger partial charge in [0.2, 0.25) is 0 Å². The fraction of sp³-hybridized carbons (Fsp3) is 0.0612. The maximum atomic E-state index is 5.14. The molecule has 0 spiro atoms. The van der Waals surface area contributed by atoms with Gasteiger partial charge in [0.1, 0.15) is 0 Å². The van der Waals surface area contributed by atoms with Crippen LogP contribution in [0.25, 0.3) is 87.5 Å². The third-order valence-electron chi connectivity index (χ3n) is 10.7. The van der Waals surface area contributed by atoms with E-state index in [9.17, 15) is 0 Å². The quantitative estimate of drug-likeness (QED) is 0.181. The fourth-order valence-corrected chi connectivity index (χ4v) is 9.00. The Bertz CT molecular complexity index is 2790. The molecule has 0 aliphatic heterocycles. The first kappa shape index (κ1) is 30.6. The molecule has 0 radical (unpaired) electrons. The summed E-state index contributed by atoms with van der Waals surface area (Å²) >= 11 is 1.86. The van der Waals surface area contributed by atoms with Crippen LogP contribution in [0.3, 0.4) is 0 Å². The molecule has 2 nitrogen and oxygen atoms in total. The summed E-state index contributed by atoms with van der Waals surface area (Å²) in [7, 11) is 0. The number of thiophene rings is 1. The van der Waals surface area contributed by atoms with E-state index in [1.165, 1.54) is 64.7 Å². The number of rotatable bonds is 5. The molecule has 246 valence electrons. The van der Waals surface area contributed by atoms with Gasteiger partial charge in [0.25, 0.3) is 0 Å². The molecular weight excluding hydrogens is 649 g/mol. The van der Waals surface area contributed by atoms with Crippen molar-refractivity contribution in [1.29, 1.82) is 0 Å². The van der Waals surface area contributed by atoms with E-state index in [0.717, 1.165) is 33.9 Å². The molecule has 0 fully saturated rings. The molecule has 0 saturated carbocycles. The van der Waals surface area contributed by atoms with Crippen molar-refractivity contribution < 1.29 is 0 Å². The van der Waals surface area contributed by atoms with Gasteiger partial charge in [0.05, 0.1) is 11.4 Å². The van der Waals surface area contributed by atoms with Crippen molar-refractivity contribution in [2.45, 2.75) is 19.3 Å².